The number of rotatable bonds is 6. The number of hydrogen-bond acceptors (Lipinski definition) is 5. The third-order valence-corrected chi connectivity index (χ3v) is 5.11. The molecule has 0 aliphatic rings. The summed E-state index contributed by atoms with van der Waals surface area (Å²) >= 11 is 1.49. The predicted octanol–water partition coefficient (Wildman–Crippen LogP) is 3.76. The number of halogens is 1. The van der Waals surface area contributed by atoms with Gasteiger partial charge in [-0.05, 0) is 31.4 Å². The van der Waals surface area contributed by atoms with Gasteiger partial charge in [-0.3, -0.25) is 4.79 Å². The second kappa shape index (κ2) is 6.95. The minimum atomic E-state index is -0.736. The number of anilines is 1. The Morgan fingerprint density at radius 2 is 2.19 bits per heavy atom. The van der Waals surface area contributed by atoms with E-state index in [-0.39, 0.29) is 23.0 Å². The van der Waals surface area contributed by atoms with Gasteiger partial charge in [0.2, 0.25) is 5.91 Å². The summed E-state index contributed by atoms with van der Waals surface area (Å²) in [6.45, 7) is 5.86. The smallest absolute Gasteiger partial charge is 0.239 e. The Hall–Kier alpha value is -2.61. The first kappa shape index (κ1) is 18.2. The van der Waals surface area contributed by atoms with Crippen molar-refractivity contribution in [3.05, 3.63) is 29.0 Å². The SMILES string of the molecule is Cc1ccc(-c2nc(N[C@H](CC(C)C)C(N)=O)c(F)c3c[nH]c(O)c23)s1. The van der Waals surface area contributed by atoms with E-state index in [1.807, 2.05) is 32.9 Å². The van der Waals surface area contributed by atoms with Crippen LogP contribution in [0.25, 0.3) is 21.3 Å². The Morgan fingerprint density at radius 1 is 1.46 bits per heavy atom. The molecule has 0 fully saturated rings. The Balaban J connectivity index is 2.14. The summed E-state index contributed by atoms with van der Waals surface area (Å²) in [5.41, 5.74) is 5.91. The van der Waals surface area contributed by atoms with Crippen molar-refractivity contribution < 1.29 is 14.3 Å². The number of thiophene rings is 1. The maximum Gasteiger partial charge on any atom is 0.239 e. The molecule has 1 atom stereocenters. The number of aromatic amines is 1. The number of amides is 1. The van der Waals surface area contributed by atoms with Gasteiger partial charge in [0.25, 0.3) is 0 Å². The number of aryl methyl sites for hydroxylation is 1. The summed E-state index contributed by atoms with van der Waals surface area (Å²) in [6.07, 6.45) is 1.85. The van der Waals surface area contributed by atoms with E-state index in [4.69, 9.17) is 5.73 Å². The predicted molar refractivity (Wildman–Crippen MR) is 102 cm³/mol. The molecule has 0 unspecified atom stereocenters. The lowest BCUT2D eigenvalue weighted by atomic mass is 10.0. The fraction of sp³-hybridized carbons (Fsp3) is 0.333. The molecular formula is C18H21FN4O2S. The fourth-order valence-corrected chi connectivity index (χ4v) is 3.75. The van der Waals surface area contributed by atoms with Crippen molar-refractivity contribution in [2.45, 2.75) is 33.2 Å². The van der Waals surface area contributed by atoms with Gasteiger partial charge in [0.15, 0.2) is 17.5 Å². The number of pyridine rings is 1. The van der Waals surface area contributed by atoms with Gasteiger partial charge >= 0.3 is 0 Å². The van der Waals surface area contributed by atoms with E-state index >= 15 is 0 Å². The number of carbonyl (C=O) groups excluding carboxylic acids is 1. The molecule has 3 rings (SSSR count). The maximum atomic E-state index is 14.9. The lowest BCUT2D eigenvalue weighted by Gasteiger charge is -2.19. The number of nitrogens with zero attached hydrogens (tertiary/aromatic N) is 1. The number of primary amides is 1. The van der Waals surface area contributed by atoms with Crippen LogP contribution in [0.1, 0.15) is 25.1 Å². The molecule has 0 aliphatic heterocycles. The number of hydrogen-bond donors (Lipinski definition) is 4. The molecule has 3 aromatic heterocycles. The number of fused-ring (bicyclic) bond motifs is 1. The monoisotopic (exact) mass is 376 g/mol. The van der Waals surface area contributed by atoms with Gasteiger partial charge in [0.05, 0.1) is 16.0 Å². The van der Waals surface area contributed by atoms with Gasteiger partial charge in [0.1, 0.15) is 6.04 Å². The maximum absolute atomic E-state index is 14.9. The normalized spacial score (nSPS) is 12.7. The minimum absolute atomic E-state index is 0.0537. The molecule has 5 N–H and O–H groups in total. The van der Waals surface area contributed by atoms with E-state index in [0.29, 0.717) is 17.5 Å². The molecule has 1 amide bonds. The number of H-pyrrole nitrogens is 1. The van der Waals surface area contributed by atoms with Crippen molar-refractivity contribution in [3.8, 4) is 16.5 Å². The topological polar surface area (TPSA) is 104 Å². The molecule has 0 aromatic carbocycles. The van der Waals surface area contributed by atoms with Crippen LogP contribution >= 0.6 is 11.3 Å². The van der Waals surface area contributed by atoms with Crippen LogP contribution in [0, 0.1) is 18.7 Å². The van der Waals surface area contributed by atoms with Crippen LogP contribution in [-0.4, -0.2) is 27.0 Å². The second-order valence-corrected chi connectivity index (χ2v) is 7.98. The Bertz CT molecular complexity index is 964. The van der Waals surface area contributed by atoms with Crippen LogP contribution in [0.2, 0.25) is 0 Å². The zero-order valence-electron chi connectivity index (χ0n) is 14.8. The molecule has 138 valence electrons. The van der Waals surface area contributed by atoms with Gasteiger partial charge in [-0.1, -0.05) is 13.8 Å². The minimum Gasteiger partial charge on any atom is -0.494 e. The summed E-state index contributed by atoms with van der Waals surface area (Å²) in [7, 11) is 0. The summed E-state index contributed by atoms with van der Waals surface area (Å²) in [4.78, 5) is 20.6. The first-order chi connectivity index (χ1) is 12.3. The molecule has 0 radical (unpaired) electrons. The van der Waals surface area contributed by atoms with E-state index in [1.54, 1.807) is 0 Å². The van der Waals surface area contributed by atoms with Crippen molar-refractivity contribution in [1.29, 1.82) is 0 Å². The summed E-state index contributed by atoms with van der Waals surface area (Å²) in [5, 5.41) is 13.5. The highest BCUT2D eigenvalue weighted by Gasteiger charge is 2.24. The van der Waals surface area contributed by atoms with Crippen molar-refractivity contribution in [1.82, 2.24) is 9.97 Å². The van der Waals surface area contributed by atoms with E-state index < -0.39 is 17.8 Å². The van der Waals surface area contributed by atoms with Gasteiger partial charge < -0.3 is 21.1 Å². The molecule has 8 heteroatoms. The zero-order valence-corrected chi connectivity index (χ0v) is 15.6. The van der Waals surface area contributed by atoms with Crippen LogP contribution in [0.3, 0.4) is 0 Å². The number of aromatic nitrogens is 2. The largest absolute Gasteiger partial charge is 0.494 e. The first-order valence-electron chi connectivity index (χ1n) is 8.30. The fourth-order valence-electron chi connectivity index (χ4n) is 2.89. The van der Waals surface area contributed by atoms with E-state index in [9.17, 15) is 14.3 Å². The van der Waals surface area contributed by atoms with Crippen LogP contribution in [0.4, 0.5) is 10.2 Å². The molecule has 0 bridgehead atoms. The van der Waals surface area contributed by atoms with Crippen LogP contribution in [0.5, 0.6) is 5.88 Å². The van der Waals surface area contributed by atoms with Gasteiger partial charge in [-0.2, -0.15) is 0 Å². The average Bonchev–Trinajstić information content (AvgIpc) is 3.15. The number of carbonyl (C=O) groups is 1. The summed E-state index contributed by atoms with van der Waals surface area (Å²) < 4.78 is 14.9. The average molecular weight is 376 g/mol. The van der Waals surface area contributed by atoms with Crippen molar-refractivity contribution in [3.63, 3.8) is 0 Å². The van der Waals surface area contributed by atoms with Crippen molar-refractivity contribution in [2.75, 3.05) is 5.32 Å². The lowest BCUT2D eigenvalue weighted by Crippen LogP contribution is -2.37. The molecule has 6 nitrogen and oxygen atoms in total. The Morgan fingerprint density at radius 3 is 2.77 bits per heavy atom. The molecular weight excluding hydrogens is 355 g/mol. The van der Waals surface area contributed by atoms with Crippen LogP contribution in [-0.2, 0) is 4.79 Å². The highest BCUT2D eigenvalue weighted by atomic mass is 32.1. The first-order valence-corrected chi connectivity index (χ1v) is 9.11. The van der Waals surface area contributed by atoms with Crippen LogP contribution in [0.15, 0.2) is 18.3 Å². The van der Waals surface area contributed by atoms with Crippen LogP contribution < -0.4 is 11.1 Å². The lowest BCUT2D eigenvalue weighted by molar-refractivity contribution is -0.119. The molecule has 0 saturated heterocycles. The quantitative estimate of drug-likeness (QED) is 0.526. The van der Waals surface area contributed by atoms with Crippen molar-refractivity contribution >= 4 is 33.8 Å². The standard InChI is InChI=1S/C18H21FN4O2S/c1-8(2)6-11(16(20)24)22-17-14(19)10-7-21-18(25)13(10)15(23-17)12-5-4-9(3)26-12/h4-5,7-8,11,21-22,25H,6H2,1-3H3,(H2,20,24)/t11-/m1/s1. The third-order valence-electron chi connectivity index (χ3n) is 4.10. The van der Waals surface area contributed by atoms with Gasteiger partial charge in [-0.15, -0.1) is 11.3 Å². The summed E-state index contributed by atoms with van der Waals surface area (Å²) in [5.74, 6) is -1.20. The highest BCUT2D eigenvalue weighted by Crippen LogP contribution is 2.39. The number of aromatic hydroxyl groups is 1. The third kappa shape index (κ3) is 3.37. The van der Waals surface area contributed by atoms with E-state index in [0.717, 1.165) is 9.75 Å². The van der Waals surface area contributed by atoms with E-state index in [2.05, 4.69) is 15.3 Å². The Labute approximate surface area is 154 Å². The zero-order chi connectivity index (χ0) is 19.0. The van der Waals surface area contributed by atoms with E-state index in [1.165, 1.54) is 17.5 Å². The molecule has 0 aliphatic carbocycles. The highest BCUT2D eigenvalue weighted by molar-refractivity contribution is 7.15. The molecule has 0 saturated carbocycles. The molecule has 3 aromatic rings. The summed E-state index contributed by atoms with van der Waals surface area (Å²) in [6, 6.07) is 3.06. The Kier molecular flexibility index (Phi) is 4.86. The number of nitrogens with one attached hydrogen (secondary N) is 2. The van der Waals surface area contributed by atoms with Gasteiger partial charge in [0, 0.05) is 16.5 Å². The molecule has 3 heterocycles. The van der Waals surface area contributed by atoms with Crippen molar-refractivity contribution in [2.24, 2.45) is 11.7 Å². The van der Waals surface area contributed by atoms with Gasteiger partial charge in [-0.25, -0.2) is 9.37 Å². The number of nitrogens with two attached hydrogens (primary N) is 1. The molecule has 0 spiro atoms. The second-order valence-electron chi connectivity index (χ2n) is 6.69. The molecule has 26 heavy (non-hydrogen) atoms.